The smallest absolute Gasteiger partial charge is 0.319 e. The van der Waals surface area contributed by atoms with Gasteiger partial charge in [-0.15, -0.1) is 0 Å². The first-order valence-electron chi connectivity index (χ1n) is 10.7. The van der Waals surface area contributed by atoms with Gasteiger partial charge in [0.25, 0.3) is 0 Å². The molecular formula is C22H33FN4O2. The molecular weight excluding hydrogens is 371 g/mol. The van der Waals surface area contributed by atoms with Crippen LogP contribution in [-0.4, -0.2) is 62.0 Å². The Hall–Kier alpha value is -2.31. The van der Waals surface area contributed by atoms with Crippen LogP contribution in [0.1, 0.15) is 44.9 Å². The van der Waals surface area contributed by atoms with E-state index in [2.05, 4.69) is 5.32 Å². The number of carbonyl (C=O) groups excluding carboxylic acids is 2. The number of nitrogens with one attached hydrogen (secondary N) is 1. The maximum Gasteiger partial charge on any atom is 0.319 e. The van der Waals surface area contributed by atoms with Crippen LogP contribution >= 0.6 is 0 Å². The number of halogens is 1. The van der Waals surface area contributed by atoms with Crippen LogP contribution < -0.4 is 10.2 Å². The molecule has 0 spiro atoms. The van der Waals surface area contributed by atoms with Crippen molar-refractivity contribution in [2.24, 2.45) is 5.92 Å². The summed E-state index contributed by atoms with van der Waals surface area (Å²) in [5.74, 6) is -0.564. The van der Waals surface area contributed by atoms with Crippen molar-refractivity contribution < 1.29 is 14.0 Å². The van der Waals surface area contributed by atoms with Crippen LogP contribution in [0.25, 0.3) is 0 Å². The highest BCUT2D eigenvalue weighted by Crippen LogP contribution is 2.29. The molecule has 1 aliphatic carbocycles. The highest BCUT2D eigenvalue weighted by Gasteiger charge is 2.28. The topological polar surface area (TPSA) is 55.9 Å². The molecule has 3 amide bonds. The molecule has 3 rings (SSSR count). The van der Waals surface area contributed by atoms with Crippen molar-refractivity contribution in [3.05, 3.63) is 24.0 Å². The van der Waals surface area contributed by atoms with Gasteiger partial charge >= 0.3 is 6.03 Å². The van der Waals surface area contributed by atoms with Crippen LogP contribution in [0.5, 0.6) is 0 Å². The van der Waals surface area contributed by atoms with E-state index >= 15 is 0 Å². The lowest BCUT2D eigenvalue weighted by molar-refractivity contribution is -0.121. The number of benzene rings is 1. The molecule has 29 heavy (non-hydrogen) atoms. The van der Waals surface area contributed by atoms with Gasteiger partial charge in [-0.25, -0.2) is 9.18 Å². The fourth-order valence-electron chi connectivity index (χ4n) is 4.40. The first-order valence-corrected chi connectivity index (χ1v) is 10.7. The number of hydrogen-bond donors (Lipinski definition) is 1. The summed E-state index contributed by atoms with van der Waals surface area (Å²) < 4.78 is 14.7. The molecule has 1 aromatic carbocycles. The van der Waals surface area contributed by atoms with E-state index in [1.165, 1.54) is 25.3 Å². The third kappa shape index (κ3) is 5.19. The second kappa shape index (κ2) is 9.46. The minimum absolute atomic E-state index is 0.0244. The lowest BCUT2D eigenvalue weighted by Crippen LogP contribution is -2.45. The Morgan fingerprint density at radius 2 is 1.69 bits per heavy atom. The Balaban J connectivity index is 1.56. The predicted molar refractivity (Wildman–Crippen MR) is 114 cm³/mol. The molecule has 2 aliphatic rings. The number of likely N-dealkylation sites (tertiary alicyclic amines) is 1. The quantitative estimate of drug-likeness (QED) is 0.827. The normalized spacial score (nSPS) is 18.4. The highest BCUT2D eigenvalue weighted by molar-refractivity contribution is 5.93. The number of piperidine rings is 1. The molecule has 0 radical (unpaired) electrons. The van der Waals surface area contributed by atoms with E-state index < -0.39 is 0 Å². The zero-order valence-electron chi connectivity index (χ0n) is 17.8. The molecule has 2 fully saturated rings. The predicted octanol–water partition coefficient (Wildman–Crippen LogP) is 3.93. The van der Waals surface area contributed by atoms with Crippen molar-refractivity contribution >= 4 is 23.3 Å². The van der Waals surface area contributed by atoms with Crippen molar-refractivity contribution in [2.75, 3.05) is 44.4 Å². The molecule has 1 saturated heterocycles. The average Bonchev–Trinajstić information content (AvgIpc) is 2.73. The van der Waals surface area contributed by atoms with Gasteiger partial charge in [0.15, 0.2) is 0 Å². The Morgan fingerprint density at radius 1 is 1.03 bits per heavy atom. The number of rotatable bonds is 4. The second-order valence-electron chi connectivity index (χ2n) is 8.50. The van der Waals surface area contributed by atoms with Gasteiger partial charge in [0, 0.05) is 51.9 Å². The maximum absolute atomic E-state index is 14.7. The zero-order valence-corrected chi connectivity index (χ0v) is 17.8. The third-order valence-electron chi connectivity index (χ3n) is 6.24. The minimum Gasteiger partial charge on any atom is -0.369 e. The lowest BCUT2D eigenvalue weighted by atomic mass is 9.94. The van der Waals surface area contributed by atoms with E-state index in [9.17, 15) is 14.0 Å². The van der Waals surface area contributed by atoms with Crippen LogP contribution in [0, 0.1) is 11.7 Å². The van der Waals surface area contributed by atoms with E-state index in [1.807, 2.05) is 11.9 Å². The third-order valence-corrected chi connectivity index (χ3v) is 6.24. The Bertz CT molecular complexity index is 726. The molecule has 1 aliphatic heterocycles. The summed E-state index contributed by atoms with van der Waals surface area (Å²) in [6, 6.07) is 5.31. The summed E-state index contributed by atoms with van der Waals surface area (Å²) >= 11 is 0. The Labute approximate surface area is 173 Å². The molecule has 160 valence electrons. The van der Waals surface area contributed by atoms with E-state index in [4.69, 9.17) is 0 Å². The van der Waals surface area contributed by atoms with Gasteiger partial charge in [-0.2, -0.15) is 0 Å². The number of urea groups is 1. The van der Waals surface area contributed by atoms with Crippen molar-refractivity contribution in [3.8, 4) is 0 Å². The Kier molecular flexibility index (Phi) is 6.98. The van der Waals surface area contributed by atoms with Gasteiger partial charge in [0.05, 0.1) is 5.69 Å². The van der Waals surface area contributed by atoms with Gasteiger partial charge in [-0.05, 0) is 43.9 Å². The first-order chi connectivity index (χ1) is 13.9. The molecule has 0 bridgehead atoms. The first kappa shape index (κ1) is 21.4. The van der Waals surface area contributed by atoms with Gasteiger partial charge in [0.2, 0.25) is 5.91 Å². The van der Waals surface area contributed by atoms with Gasteiger partial charge in [-0.1, -0.05) is 19.3 Å². The fraction of sp³-hybridized carbons (Fsp3) is 0.636. The van der Waals surface area contributed by atoms with Crippen molar-refractivity contribution in [1.82, 2.24) is 9.80 Å². The molecule has 1 aromatic rings. The van der Waals surface area contributed by atoms with Crippen LogP contribution in [0.4, 0.5) is 20.6 Å². The summed E-state index contributed by atoms with van der Waals surface area (Å²) in [5.41, 5.74) is 1.07. The molecule has 6 nitrogen and oxygen atoms in total. The van der Waals surface area contributed by atoms with Gasteiger partial charge in [-0.3, -0.25) is 4.79 Å². The summed E-state index contributed by atoms with van der Waals surface area (Å²) in [7, 11) is 5.41. The van der Waals surface area contributed by atoms with Crippen molar-refractivity contribution in [1.29, 1.82) is 0 Å². The summed E-state index contributed by atoms with van der Waals surface area (Å²) in [4.78, 5) is 30.0. The molecule has 1 heterocycles. The summed E-state index contributed by atoms with van der Waals surface area (Å²) in [6.45, 7) is 1.13. The van der Waals surface area contributed by atoms with E-state index in [-0.39, 0.29) is 23.7 Å². The lowest BCUT2D eigenvalue weighted by Gasteiger charge is -2.33. The molecule has 0 unspecified atom stereocenters. The number of hydrogen-bond acceptors (Lipinski definition) is 3. The van der Waals surface area contributed by atoms with Crippen molar-refractivity contribution in [2.45, 2.75) is 51.0 Å². The van der Waals surface area contributed by atoms with E-state index in [0.29, 0.717) is 43.3 Å². The van der Waals surface area contributed by atoms with E-state index in [0.717, 1.165) is 12.8 Å². The number of carbonyl (C=O) groups is 2. The van der Waals surface area contributed by atoms with Gasteiger partial charge < -0.3 is 20.0 Å². The Morgan fingerprint density at radius 3 is 2.28 bits per heavy atom. The SMILES string of the molecule is CN(C)C(=O)N1CCC(C(=O)Nc2ccc(N(C)C3CCCCC3)c(F)c2)CC1. The number of amides is 3. The maximum atomic E-state index is 14.7. The minimum atomic E-state index is -0.303. The molecule has 0 aromatic heterocycles. The molecule has 0 atom stereocenters. The standard InChI is InChI=1S/C22H33FN4O2/c1-25(2)22(29)27-13-11-16(12-14-27)21(28)24-17-9-10-20(19(23)15-17)26(3)18-7-5-4-6-8-18/h9-10,15-16,18H,4-8,11-14H2,1-3H3,(H,24,28). The van der Waals surface area contributed by atoms with Crippen LogP contribution in [0.3, 0.4) is 0 Å². The van der Waals surface area contributed by atoms with Crippen LogP contribution in [-0.2, 0) is 4.79 Å². The molecule has 1 N–H and O–H groups in total. The van der Waals surface area contributed by atoms with E-state index in [1.54, 1.807) is 36.0 Å². The summed E-state index contributed by atoms with van der Waals surface area (Å²) in [5, 5.41) is 2.85. The second-order valence-corrected chi connectivity index (χ2v) is 8.50. The zero-order chi connectivity index (χ0) is 21.0. The number of anilines is 2. The number of nitrogens with zero attached hydrogens (tertiary/aromatic N) is 3. The average molecular weight is 405 g/mol. The van der Waals surface area contributed by atoms with Crippen molar-refractivity contribution in [3.63, 3.8) is 0 Å². The largest absolute Gasteiger partial charge is 0.369 e. The molecule has 7 heteroatoms. The van der Waals surface area contributed by atoms with Crippen LogP contribution in [0.2, 0.25) is 0 Å². The molecule has 1 saturated carbocycles. The highest BCUT2D eigenvalue weighted by atomic mass is 19.1. The fourth-order valence-corrected chi connectivity index (χ4v) is 4.40. The summed E-state index contributed by atoms with van der Waals surface area (Å²) in [6.07, 6.45) is 7.10. The van der Waals surface area contributed by atoms with Gasteiger partial charge in [0.1, 0.15) is 5.82 Å². The monoisotopic (exact) mass is 404 g/mol. The van der Waals surface area contributed by atoms with Crippen LogP contribution in [0.15, 0.2) is 18.2 Å².